The van der Waals surface area contributed by atoms with Crippen molar-refractivity contribution in [2.45, 2.75) is 6.92 Å². The second-order valence-electron chi connectivity index (χ2n) is 3.18. The van der Waals surface area contributed by atoms with Crippen LogP contribution in [0.3, 0.4) is 0 Å². The van der Waals surface area contributed by atoms with Gasteiger partial charge in [-0.05, 0) is 18.6 Å². The Bertz CT molecular complexity index is 344. The molecule has 1 aromatic carbocycles. The molecular formula is C10H13N3. The number of nitrogens with two attached hydrogens (primary N) is 1. The van der Waals surface area contributed by atoms with Gasteiger partial charge in [0.05, 0.1) is 6.54 Å². The van der Waals surface area contributed by atoms with Gasteiger partial charge in [-0.15, -0.1) is 0 Å². The smallest absolute Gasteiger partial charge is 0.195 e. The number of anilines is 1. The van der Waals surface area contributed by atoms with Crippen molar-refractivity contribution in [2.75, 3.05) is 18.0 Å². The molecule has 68 valence electrons. The first-order valence-electron chi connectivity index (χ1n) is 4.42. The van der Waals surface area contributed by atoms with Gasteiger partial charge in [0.15, 0.2) is 5.96 Å². The summed E-state index contributed by atoms with van der Waals surface area (Å²) in [6.45, 7) is 3.79. The van der Waals surface area contributed by atoms with Crippen LogP contribution in [0.2, 0.25) is 0 Å². The highest BCUT2D eigenvalue weighted by atomic mass is 15.3. The highest BCUT2D eigenvalue weighted by Crippen LogP contribution is 2.20. The standard InChI is InChI=1S/C10H13N3/c1-8-4-2-3-5-9(8)13-7-6-12-10(13)11/h2-5H,6-7H2,1H3,(H2,11,12). The van der Waals surface area contributed by atoms with Crippen molar-refractivity contribution in [2.24, 2.45) is 10.7 Å². The Morgan fingerprint density at radius 3 is 2.77 bits per heavy atom. The van der Waals surface area contributed by atoms with Crippen LogP contribution >= 0.6 is 0 Å². The molecule has 0 amide bonds. The number of hydrogen-bond donors (Lipinski definition) is 1. The molecule has 1 aromatic rings. The quantitative estimate of drug-likeness (QED) is 0.695. The van der Waals surface area contributed by atoms with E-state index in [9.17, 15) is 0 Å². The maximum atomic E-state index is 5.76. The summed E-state index contributed by atoms with van der Waals surface area (Å²) in [6, 6.07) is 8.21. The first-order valence-corrected chi connectivity index (χ1v) is 4.42. The molecular weight excluding hydrogens is 162 g/mol. The molecule has 0 unspecified atom stereocenters. The Balaban J connectivity index is 2.36. The third-order valence-corrected chi connectivity index (χ3v) is 2.28. The van der Waals surface area contributed by atoms with Gasteiger partial charge in [0.2, 0.25) is 0 Å². The van der Waals surface area contributed by atoms with E-state index >= 15 is 0 Å². The Kier molecular flexibility index (Phi) is 1.93. The fourth-order valence-corrected chi connectivity index (χ4v) is 1.57. The zero-order valence-corrected chi connectivity index (χ0v) is 7.70. The summed E-state index contributed by atoms with van der Waals surface area (Å²) in [5.74, 6) is 0.634. The molecule has 3 heteroatoms. The van der Waals surface area contributed by atoms with Gasteiger partial charge in [-0.25, -0.2) is 0 Å². The van der Waals surface area contributed by atoms with Gasteiger partial charge >= 0.3 is 0 Å². The molecule has 0 bridgehead atoms. The lowest BCUT2D eigenvalue weighted by atomic mass is 10.2. The molecule has 0 atom stereocenters. The maximum Gasteiger partial charge on any atom is 0.195 e. The maximum absolute atomic E-state index is 5.76. The minimum absolute atomic E-state index is 0.634. The average Bonchev–Trinajstić information content (AvgIpc) is 2.52. The molecule has 0 radical (unpaired) electrons. The van der Waals surface area contributed by atoms with Gasteiger partial charge in [0, 0.05) is 12.2 Å². The second kappa shape index (κ2) is 3.09. The fraction of sp³-hybridized carbons (Fsp3) is 0.300. The van der Waals surface area contributed by atoms with E-state index in [4.69, 9.17) is 5.73 Å². The number of aliphatic imine (C=N–C) groups is 1. The lowest BCUT2D eigenvalue weighted by Gasteiger charge is -2.19. The van der Waals surface area contributed by atoms with Gasteiger partial charge in [-0.2, -0.15) is 0 Å². The van der Waals surface area contributed by atoms with E-state index < -0.39 is 0 Å². The number of rotatable bonds is 1. The van der Waals surface area contributed by atoms with E-state index in [0.29, 0.717) is 5.96 Å². The zero-order valence-electron chi connectivity index (χ0n) is 7.70. The molecule has 0 aliphatic carbocycles. The first kappa shape index (κ1) is 8.10. The summed E-state index contributed by atoms with van der Waals surface area (Å²) in [5, 5.41) is 0. The number of para-hydroxylation sites is 1. The summed E-state index contributed by atoms with van der Waals surface area (Å²) >= 11 is 0. The summed E-state index contributed by atoms with van der Waals surface area (Å²) < 4.78 is 0. The van der Waals surface area contributed by atoms with Gasteiger partial charge < -0.3 is 10.6 Å². The molecule has 0 fully saturated rings. The third-order valence-electron chi connectivity index (χ3n) is 2.28. The Labute approximate surface area is 77.9 Å². The molecule has 0 saturated heterocycles. The van der Waals surface area contributed by atoms with Crippen molar-refractivity contribution >= 4 is 11.6 Å². The second-order valence-corrected chi connectivity index (χ2v) is 3.18. The van der Waals surface area contributed by atoms with Crippen LogP contribution < -0.4 is 10.6 Å². The van der Waals surface area contributed by atoms with E-state index in [-0.39, 0.29) is 0 Å². The predicted octanol–water partition coefficient (Wildman–Crippen LogP) is 1.13. The van der Waals surface area contributed by atoms with Crippen LogP contribution in [0.1, 0.15) is 5.56 Å². The van der Waals surface area contributed by atoms with Crippen molar-refractivity contribution in [1.29, 1.82) is 0 Å². The highest BCUT2D eigenvalue weighted by molar-refractivity contribution is 5.96. The van der Waals surface area contributed by atoms with Crippen LogP contribution in [-0.2, 0) is 0 Å². The SMILES string of the molecule is Cc1ccccc1N1CCN=C1N. The monoisotopic (exact) mass is 175 g/mol. The van der Waals surface area contributed by atoms with Crippen LogP contribution in [-0.4, -0.2) is 19.0 Å². The van der Waals surface area contributed by atoms with E-state index in [1.807, 2.05) is 12.1 Å². The predicted molar refractivity (Wildman–Crippen MR) is 55.0 cm³/mol. The van der Waals surface area contributed by atoms with Crippen molar-refractivity contribution in [1.82, 2.24) is 0 Å². The van der Waals surface area contributed by atoms with Crippen molar-refractivity contribution in [3.8, 4) is 0 Å². The molecule has 1 aliphatic heterocycles. The molecule has 13 heavy (non-hydrogen) atoms. The van der Waals surface area contributed by atoms with Crippen LogP contribution in [0.15, 0.2) is 29.3 Å². The van der Waals surface area contributed by atoms with Crippen molar-refractivity contribution in [3.63, 3.8) is 0 Å². The number of guanidine groups is 1. The van der Waals surface area contributed by atoms with Gasteiger partial charge in [0.1, 0.15) is 0 Å². The molecule has 1 heterocycles. The fourth-order valence-electron chi connectivity index (χ4n) is 1.57. The van der Waals surface area contributed by atoms with E-state index in [1.54, 1.807) is 0 Å². The van der Waals surface area contributed by atoms with Gasteiger partial charge in [-0.3, -0.25) is 4.99 Å². The van der Waals surface area contributed by atoms with E-state index in [1.165, 1.54) is 11.3 Å². The minimum Gasteiger partial charge on any atom is -0.370 e. The lowest BCUT2D eigenvalue weighted by Crippen LogP contribution is -2.34. The Hall–Kier alpha value is -1.51. The summed E-state index contributed by atoms with van der Waals surface area (Å²) in [4.78, 5) is 6.21. The largest absolute Gasteiger partial charge is 0.370 e. The molecule has 2 rings (SSSR count). The number of aryl methyl sites for hydroxylation is 1. The average molecular weight is 175 g/mol. The van der Waals surface area contributed by atoms with Crippen molar-refractivity contribution in [3.05, 3.63) is 29.8 Å². The Morgan fingerprint density at radius 1 is 1.38 bits per heavy atom. The zero-order chi connectivity index (χ0) is 9.26. The third kappa shape index (κ3) is 1.37. The summed E-state index contributed by atoms with van der Waals surface area (Å²) in [6.07, 6.45) is 0. The molecule has 0 aromatic heterocycles. The van der Waals surface area contributed by atoms with Crippen molar-refractivity contribution < 1.29 is 0 Å². The topological polar surface area (TPSA) is 41.6 Å². The first-order chi connectivity index (χ1) is 6.29. The molecule has 3 nitrogen and oxygen atoms in total. The summed E-state index contributed by atoms with van der Waals surface area (Å²) in [7, 11) is 0. The number of benzene rings is 1. The number of nitrogens with zero attached hydrogens (tertiary/aromatic N) is 2. The molecule has 0 saturated carbocycles. The van der Waals surface area contributed by atoms with Crippen LogP contribution in [0.4, 0.5) is 5.69 Å². The molecule has 0 spiro atoms. The van der Waals surface area contributed by atoms with Gasteiger partial charge in [0.25, 0.3) is 0 Å². The van der Waals surface area contributed by atoms with E-state index in [2.05, 4.69) is 28.9 Å². The molecule has 2 N–H and O–H groups in total. The van der Waals surface area contributed by atoms with Gasteiger partial charge in [-0.1, -0.05) is 18.2 Å². The van der Waals surface area contributed by atoms with Crippen LogP contribution in [0, 0.1) is 6.92 Å². The Morgan fingerprint density at radius 2 is 2.15 bits per heavy atom. The van der Waals surface area contributed by atoms with Crippen LogP contribution in [0.25, 0.3) is 0 Å². The lowest BCUT2D eigenvalue weighted by molar-refractivity contribution is 1.02. The number of hydrogen-bond acceptors (Lipinski definition) is 3. The normalized spacial score (nSPS) is 16.1. The summed E-state index contributed by atoms with van der Waals surface area (Å²) in [5.41, 5.74) is 8.16. The molecule has 1 aliphatic rings. The highest BCUT2D eigenvalue weighted by Gasteiger charge is 2.16. The van der Waals surface area contributed by atoms with Crippen LogP contribution in [0.5, 0.6) is 0 Å². The minimum atomic E-state index is 0.634. The van der Waals surface area contributed by atoms with E-state index in [0.717, 1.165) is 13.1 Å².